The number of carbonyl (C=O) groups excluding carboxylic acids is 1. The van der Waals surface area contributed by atoms with Crippen molar-refractivity contribution < 1.29 is 14.3 Å². The number of hydrogen-bond donors (Lipinski definition) is 0. The van der Waals surface area contributed by atoms with Crippen LogP contribution in [0.4, 0.5) is 0 Å². The number of methoxy groups -OCH3 is 1. The Bertz CT molecular complexity index is 314. The van der Waals surface area contributed by atoms with Crippen LogP contribution in [0.15, 0.2) is 0 Å². The summed E-state index contributed by atoms with van der Waals surface area (Å²) in [7, 11) is 1.44. The summed E-state index contributed by atoms with van der Waals surface area (Å²) in [6, 6.07) is 0. The van der Waals surface area contributed by atoms with Gasteiger partial charge in [-0.3, -0.25) is 0 Å². The van der Waals surface area contributed by atoms with E-state index in [1.54, 1.807) is 0 Å². The molecule has 1 saturated heterocycles. The van der Waals surface area contributed by atoms with Gasteiger partial charge in [-0.2, -0.15) is 0 Å². The molecule has 0 bridgehead atoms. The quantitative estimate of drug-likeness (QED) is 0.490. The van der Waals surface area contributed by atoms with E-state index in [9.17, 15) is 4.79 Å². The topological polar surface area (TPSA) is 38.8 Å². The molecule has 1 heterocycles. The van der Waals surface area contributed by atoms with Crippen LogP contribution in [0.3, 0.4) is 0 Å². The van der Waals surface area contributed by atoms with Crippen molar-refractivity contribution in [1.29, 1.82) is 0 Å². The minimum absolute atomic E-state index is 0.134. The zero-order chi connectivity index (χ0) is 10.7. The highest BCUT2D eigenvalue weighted by molar-refractivity contribution is 5.85. The van der Waals surface area contributed by atoms with Gasteiger partial charge in [-0.15, -0.1) is 0 Å². The zero-order valence-corrected chi connectivity index (χ0v) is 9.41. The molecule has 3 rings (SSSR count). The summed E-state index contributed by atoms with van der Waals surface area (Å²) in [5.41, 5.74) is -0.758. The molecule has 0 N–H and O–H groups in total. The minimum Gasteiger partial charge on any atom is -0.467 e. The lowest BCUT2D eigenvalue weighted by atomic mass is 9.55. The van der Waals surface area contributed by atoms with Gasteiger partial charge in [0, 0.05) is 0 Å². The zero-order valence-electron chi connectivity index (χ0n) is 9.41. The molecule has 3 aliphatic rings. The van der Waals surface area contributed by atoms with E-state index in [1.165, 1.54) is 32.8 Å². The van der Waals surface area contributed by atoms with Gasteiger partial charge in [0.05, 0.1) is 7.11 Å². The average Bonchev–Trinajstić information content (AvgIpc) is 2.87. The van der Waals surface area contributed by atoms with Crippen molar-refractivity contribution in [2.24, 2.45) is 11.8 Å². The summed E-state index contributed by atoms with van der Waals surface area (Å²) in [5.74, 6) is 1.24. The third kappa shape index (κ3) is 0.975. The molecule has 3 fully saturated rings. The maximum atomic E-state index is 11.6. The minimum atomic E-state index is -0.625. The molecule has 84 valence electrons. The first-order chi connectivity index (χ1) is 7.14. The first-order valence-corrected chi connectivity index (χ1v) is 5.93. The largest absolute Gasteiger partial charge is 0.467 e. The second kappa shape index (κ2) is 2.76. The summed E-state index contributed by atoms with van der Waals surface area (Å²) >= 11 is 0. The van der Waals surface area contributed by atoms with E-state index in [4.69, 9.17) is 9.47 Å². The van der Waals surface area contributed by atoms with Gasteiger partial charge in [-0.1, -0.05) is 12.8 Å². The number of esters is 1. The molecular weight excluding hydrogens is 192 g/mol. The molecule has 0 amide bonds. The van der Waals surface area contributed by atoms with E-state index in [0.717, 1.165) is 12.3 Å². The van der Waals surface area contributed by atoms with E-state index in [2.05, 4.69) is 0 Å². The Hall–Kier alpha value is -0.570. The molecule has 0 aromatic heterocycles. The fraction of sp³-hybridized carbons (Fsp3) is 0.917. The predicted molar refractivity (Wildman–Crippen MR) is 54.3 cm³/mol. The normalized spacial score (nSPS) is 51.9. The fourth-order valence-electron chi connectivity index (χ4n) is 3.86. The van der Waals surface area contributed by atoms with E-state index >= 15 is 0 Å². The number of hydrogen-bond acceptors (Lipinski definition) is 3. The molecular formula is C12H18O3. The lowest BCUT2D eigenvalue weighted by molar-refractivity contribution is -0.146. The number of epoxide rings is 1. The number of rotatable bonds is 1. The molecule has 2 saturated carbocycles. The predicted octanol–water partition coefficient (Wildman–Crippen LogP) is 1.90. The standard InChI is InChI=1S/C12H18O3/c1-11(10(13)14-2)12(15-11)7-8-5-3-4-6-9(8)12/h8-9H,3-7H2,1-2H3. The lowest BCUT2D eigenvalue weighted by Crippen LogP contribution is -2.52. The van der Waals surface area contributed by atoms with Crippen molar-refractivity contribution in [1.82, 2.24) is 0 Å². The van der Waals surface area contributed by atoms with E-state index in [1.807, 2.05) is 6.92 Å². The molecule has 1 aliphatic heterocycles. The van der Waals surface area contributed by atoms with Gasteiger partial charge < -0.3 is 9.47 Å². The monoisotopic (exact) mass is 210 g/mol. The highest BCUT2D eigenvalue weighted by Gasteiger charge is 2.81. The van der Waals surface area contributed by atoms with Crippen LogP contribution in [-0.4, -0.2) is 24.3 Å². The van der Waals surface area contributed by atoms with Gasteiger partial charge in [0.15, 0.2) is 5.60 Å². The average molecular weight is 210 g/mol. The van der Waals surface area contributed by atoms with Crippen LogP contribution < -0.4 is 0 Å². The van der Waals surface area contributed by atoms with E-state index in [-0.39, 0.29) is 11.6 Å². The SMILES string of the molecule is COC(=O)C1(C)OC12CC1CCCCC12. The molecule has 3 heteroatoms. The Morgan fingerprint density at radius 1 is 1.40 bits per heavy atom. The molecule has 2 aliphatic carbocycles. The Morgan fingerprint density at radius 2 is 2.13 bits per heavy atom. The van der Waals surface area contributed by atoms with Crippen LogP contribution in [0.1, 0.15) is 39.0 Å². The Morgan fingerprint density at radius 3 is 2.80 bits per heavy atom. The molecule has 15 heavy (non-hydrogen) atoms. The van der Waals surface area contributed by atoms with E-state index < -0.39 is 5.60 Å². The highest BCUT2D eigenvalue weighted by Crippen LogP contribution is 2.69. The summed E-state index contributed by atoms with van der Waals surface area (Å²) in [6.07, 6.45) is 6.28. The van der Waals surface area contributed by atoms with Crippen LogP contribution >= 0.6 is 0 Å². The third-order valence-corrected chi connectivity index (χ3v) is 4.80. The van der Waals surface area contributed by atoms with Crippen molar-refractivity contribution in [3.8, 4) is 0 Å². The Balaban J connectivity index is 1.77. The van der Waals surface area contributed by atoms with Gasteiger partial charge in [0.1, 0.15) is 5.60 Å². The van der Waals surface area contributed by atoms with Crippen LogP contribution in [-0.2, 0) is 14.3 Å². The van der Waals surface area contributed by atoms with Crippen LogP contribution in [0.2, 0.25) is 0 Å². The van der Waals surface area contributed by atoms with Crippen LogP contribution in [0.25, 0.3) is 0 Å². The highest BCUT2D eigenvalue weighted by atomic mass is 16.7. The molecule has 4 unspecified atom stereocenters. The van der Waals surface area contributed by atoms with Crippen LogP contribution in [0.5, 0.6) is 0 Å². The number of fused-ring (bicyclic) bond motifs is 2. The van der Waals surface area contributed by atoms with Gasteiger partial charge in [0.25, 0.3) is 0 Å². The molecule has 1 spiro atoms. The molecule has 0 aromatic carbocycles. The summed E-state index contributed by atoms with van der Waals surface area (Å²) in [4.78, 5) is 11.6. The molecule has 4 atom stereocenters. The molecule has 3 nitrogen and oxygen atoms in total. The van der Waals surface area contributed by atoms with Crippen molar-refractivity contribution in [3.05, 3.63) is 0 Å². The van der Waals surface area contributed by atoms with Gasteiger partial charge in [-0.25, -0.2) is 4.79 Å². The lowest BCUT2D eigenvalue weighted by Gasteiger charge is -2.47. The first kappa shape index (κ1) is 9.64. The maximum Gasteiger partial charge on any atom is 0.340 e. The van der Waals surface area contributed by atoms with Crippen LogP contribution in [0, 0.1) is 11.8 Å². The first-order valence-electron chi connectivity index (χ1n) is 5.93. The number of carbonyl (C=O) groups is 1. The third-order valence-electron chi connectivity index (χ3n) is 4.80. The smallest absolute Gasteiger partial charge is 0.340 e. The van der Waals surface area contributed by atoms with Gasteiger partial charge >= 0.3 is 5.97 Å². The number of ether oxygens (including phenoxy) is 2. The van der Waals surface area contributed by atoms with E-state index in [0.29, 0.717) is 5.92 Å². The second-order valence-corrected chi connectivity index (χ2v) is 5.37. The maximum absolute atomic E-state index is 11.6. The van der Waals surface area contributed by atoms with Crippen molar-refractivity contribution >= 4 is 5.97 Å². The summed E-state index contributed by atoms with van der Waals surface area (Å²) in [6.45, 7) is 1.89. The summed E-state index contributed by atoms with van der Waals surface area (Å²) < 4.78 is 10.6. The van der Waals surface area contributed by atoms with Crippen molar-refractivity contribution in [2.45, 2.75) is 50.2 Å². The Labute approximate surface area is 90.1 Å². The fourth-order valence-corrected chi connectivity index (χ4v) is 3.86. The molecule has 0 radical (unpaired) electrons. The van der Waals surface area contributed by atoms with Gasteiger partial charge in [0.2, 0.25) is 0 Å². The molecule has 0 aromatic rings. The van der Waals surface area contributed by atoms with Crippen molar-refractivity contribution in [2.75, 3.05) is 7.11 Å². The second-order valence-electron chi connectivity index (χ2n) is 5.37. The Kier molecular flexibility index (Phi) is 1.77. The van der Waals surface area contributed by atoms with Gasteiger partial charge in [-0.05, 0) is 38.0 Å². The summed E-state index contributed by atoms with van der Waals surface area (Å²) in [5, 5.41) is 0. The van der Waals surface area contributed by atoms with Crippen molar-refractivity contribution in [3.63, 3.8) is 0 Å².